The fraction of sp³-hybridized carbons (Fsp3) is 0.300. The molecule has 2 aromatic carbocycles. The minimum absolute atomic E-state index is 0.0368. The van der Waals surface area contributed by atoms with Gasteiger partial charge < -0.3 is 0 Å². The minimum Gasteiger partial charge on any atom is -0.289 e. The highest BCUT2D eigenvalue weighted by Crippen LogP contribution is 2.27. The van der Waals surface area contributed by atoms with Crippen molar-refractivity contribution in [1.82, 2.24) is 9.21 Å². The molecule has 2 amide bonds. The molecule has 0 aromatic heterocycles. The molecule has 0 unspecified atom stereocenters. The number of imide groups is 1. The van der Waals surface area contributed by atoms with E-state index in [1.54, 1.807) is 24.3 Å². The number of rotatable bonds is 4. The predicted molar refractivity (Wildman–Crippen MR) is 104 cm³/mol. The maximum absolute atomic E-state index is 13.1. The molecule has 0 spiro atoms. The third-order valence-electron chi connectivity index (χ3n) is 5.30. The van der Waals surface area contributed by atoms with Gasteiger partial charge in [-0.1, -0.05) is 18.2 Å². The van der Waals surface area contributed by atoms with Gasteiger partial charge in [0.15, 0.2) is 0 Å². The van der Waals surface area contributed by atoms with Crippen molar-refractivity contribution in [3.8, 4) is 0 Å². The van der Waals surface area contributed by atoms with E-state index in [2.05, 4.69) is 0 Å². The molecule has 1 atom stereocenters. The van der Waals surface area contributed by atoms with Crippen LogP contribution in [-0.2, 0) is 19.6 Å². The fourth-order valence-electron chi connectivity index (χ4n) is 3.76. The summed E-state index contributed by atoms with van der Waals surface area (Å²) in [5.41, 5.74) is 0.544. The molecule has 2 saturated heterocycles. The molecule has 7 nitrogen and oxygen atoms in total. The van der Waals surface area contributed by atoms with Crippen LogP contribution in [0, 0.1) is 5.82 Å². The van der Waals surface area contributed by atoms with Gasteiger partial charge in [-0.2, -0.15) is 4.31 Å². The largest absolute Gasteiger partial charge is 0.289 e. The number of anilines is 1. The summed E-state index contributed by atoms with van der Waals surface area (Å²) in [6, 6.07) is 12.9. The second kappa shape index (κ2) is 7.66. The molecule has 152 valence electrons. The summed E-state index contributed by atoms with van der Waals surface area (Å²) < 4.78 is 39.9. The van der Waals surface area contributed by atoms with Gasteiger partial charge in [-0.25, -0.2) is 17.7 Å². The van der Waals surface area contributed by atoms with E-state index in [0.29, 0.717) is 18.8 Å². The smallest absolute Gasteiger partial charge is 0.251 e. The Hall–Kier alpha value is -2.62. The molecule has 0 saturated carbocycles. The van der Waals surface area contributed by atoms with Crippen molar-refractivity contribution < 1.29 is 22.4 Å². The van der Waals surface area contributed by atoms with Gasteiger partial charge in [0.2, 0.25) is 15.9 Å². The van der Waals surface area contributed by atoms with Crippen LogP contribution >= 0.6 is 0 Å². The van der Waals surface area contributed by atoms with Crippen LogP contribution in [0.25, 0.3) is 0 Å². The molecule has 0 radical (unpaired) electrons. The Kier molecular flexibility index (Phi) is 5.20. The summed E-state index contributed by atoms with van der Waals surface area (Å²) >= 11 is 0. The summed E-state index contributed by atoms with van der Waals surface area (Å²) in [5.74, 6) is -1.04. The number of piperazine rings is 1. The van der Waals surface area contributed by atoms with Crippen LogP contribution in [0.2, 0.25) is 0 Å². The van der Waals surface area contributed by atoms with Gasteiger partial charge in [0, 0.05) is 26.2 Å². The van der Waals surface area contributed by atoms with E-state index in [4.69, 9.17) is 0 Å². The Labute approximate surface area is 168 Å². The van der Waals surface area contributed by atoms with Crippen LogP contribution in [0.5, 0.6) is 0 Å². The first-order valence-electron chi connectivity index (χ1n) is 9.29. The standard InChI is InChI=1S/C20H20FN3O4S/c21-15-6-8-17(9-7-15)29(27,28)23-12-10-22(11-13-23)18-14-19(25)24(20(18)26)16-4-2-1-3-5-16/h1-9,18H,10-14H2/t18-/m1/s1. The van der Waals surface area contributed by atoms with Crippen molar-refractivity contribution >= 4 is 27.5 Å². The molecule has 2 aliphatic rings. The first-order chi connectivity index (χ1) is 13.9. The maximum atomic E-state index is 13.1. The summed E-state index contributed by atoms with van der Waals surface area (Å²) in [7, 11) is -3.73. The Morgan fingerprint density at radius 3 is 2.10 bits per heavy atom. The lowest BCUT2D eigenvalue weighted by Gasteiger charge is -2.36. The van der Waals surface area contributed by atoms with Gasteiger partial charge in [-0.15, -0.1) is 0 Å². The number of hydrogen-bond acceptors (Lipinski definition) is 5. The highest BCUT2D eigenvalue weighted by Gasteiger charge is 2.44. The van der Waals surface area contributed by atoms with Crippen LogP contribution in [0.3, 0.4) is 0 Å². The number of nitrogens with zero attached hydrogens (tertiary/aromatic N) is 3. The zero-order valence-electron chi connectivity index (χ0n) is 15.6. The number of carbonyl (C=O) groups excluding carboxylic acids is 2. The van der Waals surface area contributed by atoms with Gasteiger partial charge in [0.05, 0.1) is 23.0 Å². The zero-order valence-corrected chi connectivity index (χ0v) is 16.4. The normalized spacial score (nSPS) is 21.7. The van der Waals surface area contributed by atoms with Crippen molar-refractivity contribution in [2.24, 2.45) is 0 Å². The number of halogens is 1. The Morgan fingerprint density at radius 1 is 0.862 bits per heavy atom. The second-order valence-electron chi connectivity index (χ2n) is 7.02. The van der Waals surface area contributed by atoms with Crippen LogP contribution in [0.4, 0.5) is 10.1 Å². The van der Waals surface area contributed by atoms with Gasteiger partial charge in [0.1, 0.15) is 5.82 Å². The number of amides is 2. The molecular formula is C20H20FN3O4S. The summed E-state index contributed by atoms with van der Waals surface area (Å²) in [6.45, 7) is 1.07. The van der Waals surface area contributed by atoms with E-state index in [1.807, 2.05) is 11.0 Å². The quantitative estimate of drug-likeness (QED) is 0.704. The van der Waals surface area contributed by atoms with Gasteiger partial charge in [-0.3, -0.25) is 14.5 Å². The van der Waals surface area contributed by atoms with E-state index in [1.165, 1.54) is 21.3 Å². The van der Waals surface area contributed by atoms with Gasteiger partial charge in [0.25, 0.3) is 5.91 Å². The summed E-state index contributed by atoms with van der Waals surface area (Å²) in [6.07, 6.45) is 0.0818. The average Bonchev–Trinajstić information content (AvgIpc) is 3.03. The molecule has 0 N–H and O–H groups in total. The van der Waals surface area contributed by atoms with Gasteiger partial charge in [-0.05, 0) is 36.4 Å². The van der Waals surface area contributed by atoms with Crippen LogP contribution in [-0.4, -0.2) is 61.7 Å². The average molecular weight is 417 g/mol. The Bertz CT molecular complexity index is 1020. The SMILES string of the molecule is O=C1C[C@@H](N2CCN(S(=O)(=O)c3ccc(F)cc3)CC2)C(=O)N1c1ccccc1. The maximum Gasteiger partial charge on any atom is 0.251 e. The lowest BCUT2D eigenvalue weighted by Crippen LogP contribution is -2.53. The lowest BCUT2D eigenvalue weighted by molar-refractivity contribution is -0.123. The van der Waals surface area contributed by atoms with E-state index >= 15 is 0 Å². The predicted octanol–water partition coefficient (Wildman–Crippen LogP) is 1.46. The van der Waals surface area contributed by atoms with Crippen LogP contribution in [0.15, 0.2) is 59.5 Å². The Balaban J connectivity index is 1.44. The number of hydrogen-bond donors (Lipinski definition) is 0. The van der Waals surface area contributed by atoms with Crippen molar-refractivity contribution in [3.63, 3.8) is 0 Å². The zero-order chi connectivity index (χ0) is 20.6. The van der Waals surface area contributed by atoms with Crippen molar-refractivity contribution in [3.05, 3.63) is 60.4 Å². The molecule has 2 aliphatic heterocycles. The molecule has 9 heteroatoms. The first kappa shape index (κ1) is 19.7. The van der Waals surface area contributed by atoms with Crippen LogP contribution in [0.1, 0.15) is 6.42 Å². The number of para-hydroxylation sites is 1. The fourth-order valence-corrected chi connectivity index (χ4v) is 5.18. The molecular weight excluding hydrogens is 397 g/mol. The van der Waals surface area contributed by atoms with E-state index in [-0.39, 0.29) is 36.2 Å². The Morgan fingerprint density at radius 2 is 1.48 bits per heavy atom. The summed E-state index contributed by atoms with van der Waals surface area (Å²) in [4.78, 5) is 28.4. The highest BCUT2D eigenvalue weighted by molar-refractivity contribution is 7.89. The second-order valence-corrected chi connectivity index (χ2v) is 8.95. The number of benzene rings is 2. The highest BCUT2D eigenvalue weighted by atomic mass is 32.2. The molecule has 2 aromatic rings. The summed E-state index contributed by atoms with van der Waals surface area (Å²) in [5, 5.41) is 0. The minimum atomic E-state index is -3.73. The van der Waals surface area contributed by atoms with Gasteiger partial charge >= 0.3 is 0 Å². The molecule has 0 aliphatic carbocycles. The molecule has 4 rings (SSSR count). The first-order valence-corrected chi connectivity index (χ1v) is 10.7. The monoisotopic (exact) mass is 417 g/mol. The molecule has 0 bridgehead atoms. The molecule has 29 heavy (non-hydrogen) atoms. The van der Waals surface area contributed by atoms with Crippen molar-refractivity contribution in [1.29, 1.82) is 0 Å². The van der Waals surface area contributed by atoms with E-state index < -0.39 is 21.9 Å². The third kappa shape index (κ3) is 3.68. The van der Waals surface area contributed by atoms with Crippen molar-refractivity contribution in [2.75, 3.05) is 31.1 Å². The molecule has 2 heterocycles. The third-order valence-corrected chi connectivity index (χ3v) is 7.22. The number of carbonyl (C=O) groups is 2. The number of sulfonamides is 1. The van der Waals surface area contributed by atoms with E-state index in [0.717, 1.165) is 12.1 Å². The van der Waals surface area contributed by atoms with Crippen LogP contribution < -0.4 is 4.90 Å². The van der Waals surface area contributed by atoms with Crippen molar-refractivity contribution in [2.45, 2.75) is 17.4 Å². The molecule has 2 fully saturated rings. The topological polar surface area (TPSA) is 78.0 Å². The lowest BCUT2D eigenvalue weighted by atomic mass is 10.2. The van der Waals surface area contributed by atoms with E-state index in [9.17, 15) is 22.4 Å².